The number of nitrogens with zero attached hydrogens (tertiary/aromatic N) is 6. The monoisotopic (exact) mass is 1610 g/mol. The van der Waals surface area contributed by atoms with Gasteiger partial charge in [0, 0.05) is 83.9 Å². The Morgan fingerprint density at radius 3 is 2.03 bits per heavy atom. The highest BCUT2D eigenvalue weighted by Crippen LogP contribution is 2.70. The summed E-state index contributed by atoms with van der Waals surface area (Å²) in [4.78, 5) is 27.1. The number of aliphatic hydroxyl groups excluding tert-OH is 8. The Hall–Kier alpha value is -7.26. The van der Waals surface area contributed by atoms with Crippen molar-refractivity contribution in [1.82, 2.24) is 34.7 Å². The molecule has 0 bridgehead atoms. The molecular weight excluding hydrogens is 1500 g/mol. The molecule has 8 aliphatic rings. The zero-order chi connectivity index (χ0) is 81.9. The summed E-state index contributed by atoms with van der Waals surface area (Å²) in [6, 6.07) is 30.7. The number of carboxylic acid groups (broad SMARTS) is 1. The zero-order valence-electron chi connectivity index (χ0n) is 66.6. The van der Waals surface area contributed by atoms with Crippen LogP contribution < -0.4 is 0 Å². The van der Waals surface area contributed by atoms with Gasteiger partial charge < -0.3 is 93.4 Å². The second-order valence-electron chi connectivity index (χ2n) is 33.6. The van der Waals surface area contributed by atoms with E-state index >= 15 is 0 Å². The minimum absolute atomic E-state index is 0.0452. The third-order valence-electron chi connectivity index (χ3n) is 26.1. The lowest BCUT2D eigenvalue weighted by atomic mass is 9.42. The van der Waals surface area contributed by atoms with Crippen LogP contribution in [0.15, 0.2) is 115 Å². The second-order valence-corrected chi connectivity index (χ2v) is 33.9. The number of rotatable bonds is 23. The summed E-state index contributed by atoms with van der Waals surface area (Å²) in [5, 5.41) is 121. The van der Waals surface area contributed by atoms with Crippen molar-refractivity contribution in [2.24, 2.45) is 34.5 Å². The number of carbonyl (C=O) groups is 2. The number of aliphatic hydroxyl groups is 9. The highest BCUT2D eigenvalue weighted by molar-refractivity contribution is 6.30. The van der Waals surface area contributed by atoms with Crippen molar-refractivity contribution in [3.05, 3.63) is 149 Å². The molecule has 3 aromatic heterocycles. The fourth-order valence-electron chi connectivity index (χ4n) is 20.1. The van der Waals surface area contributed by atoms with Crippen LogP contribution >= 0.6 is 11.6 Å². The topological polar surface area (TPSA) is 378 Å². The van der Waals surface area contributed by atoms with Gasteiger partial charge in [-0.1, -0.05) is 124 Å². The van der Waals surface area contributed by atoms with Gasteiger partial charge in [0.05, 0.1) is 85.4 Å². The lowest BCUT2D eigenvalue weighted by Crippen LogP contribution is -2.67. The maximum atomic E-state index is 13.5. The van der Waals surface area contributed by atoms with Gasteiger partial charge >= 0.3 is 11.9 Å². The van der Waals surface area contributed by atoms with Crippen LogP contribution in [-0.4, -0.2) is 208 Å². The Morgan fingerprint density at radius 2 is 1.42 bits per heavy atom. The number of halogens is 2. The SMILES string of the molecule is CC(C)n1c(/C=C/[C@@H](O)C[C@@H](O)CC(=O)O)c(-c2ccc(F)cc2)c2ccccc21.CCCCc1nc(Cl)c(CO)n1Cc1ccc(-c2ccccc2-c2nnn[nH]2)cc1.C[C@H]1O[C@@H](O[C@H]2[C@@H](O)C[C@H](O[C@H]3[C@@H](O)C[C@H](O[C@H]4CC[C@@]5(C)[C@H](CC[C@@H]6[C@@H]5C[C@@H](O)[C@]5(C)[C@@H](C7=CC(=O)OC7)CC[C@]65O)C4)O[C@@H]3C)O[C@@H]2C)C[C@H](O)[C@@H]1O. The second kappa shape index (κ2) is 36.5. The molecule has 0 radical (unpaired) electrons. The van der Waals surface area contributed by atoms with Crippen LogP contribution in [0.4, 0.5) is 4.39 Å². The minimum atomic E-state index is -1.13. The van der Waals surface area contributed by atoms with Crippen LogP contribution in [0.2, 0.25) is 5.15 Å². The Kier molecular flexibility index (Phi) is 27.2. The smallest absolute Gasteiger partial charge is 0.331 e. The minimum Gasteiger partial charge on any atom is -0.481 e. The van der Waals surface area contributed by atoms with Crippen LogP contribution in [0.25, 0.3) is 50.6 Å². The lowest BCUT2D eigenvalue weighted by molar-refractivity contribution is -0.336. The predicted octanol–water partition coefficient (Wildman–Crippen LogP) is 11.1. The first kappa shape index (κ1) is 85.6. The van der Waals surface area contributed by atoms with Crippen molar-refractivity contribution >= 4 is 40.5 Å². The fourth-order valence-corrected chi connectivity index (χ4v) is 20.3. The number of carbonyl (C=O) groups excluding carboxylic acids is 1. The number of unbranched alkanes of at least 4 members (excludes halogenated alkanes) is 1. The molecule has 3 saturated heterocycles. The summed E-state index contributed by atoms with van der Waals surface area (Å²) in [7, 11) is 0. The van der Waals surface area contributed by atoms with Gasteiger partial charge in [-0.15, -0.1) is 5.10 Å². The molecule has 4 saturated carbocycles. The molecule has 7 aromatic rings. The van der Waals surface area contributed by atoms with E-state index in [1.807, 2.05) is 60.9 Å². The van der Waals surface area contributed by atoms with Crippen molar-refractivity contribution in [3.63, 3.8) is 0 Å². The van der Waals surface area contributed by atoms with Gasteiger partial charge in [0.1, 0.15) is 36.6 Å². The summed E-state index contributed by atoms with van der Waals surface area (Å²) in [6.07, 6.45) is 2.16. The number of ether oxygens (including phenoxy) is 7. The molecular formula is C87H113ClFN7O19. The van der Waals surface area contributed by atoms with Crippen molar-refractivity contribution in [2.75, 3.05) is 6.61 Å². The molecule has 15 rings (SSSR count). The van der Waals surface area contributed by atoms with Crippen LogP contribution in [0, 0.1) is 40.3 Å². The highest BCUT2D eigenvalue weighted by Gasteiger charge is 2.71. The standard InChI is InChI=1S/C41H64O14.C24H26FNO4.C22H23ClN6O/c1-19-36(47)28(42)15-34(50-19)54-38-21(3)52-35(17-30(38)44)55-37-20(2)51-33(16-29(37)43)53-24-8-10-39(4)23(13-24)6-7-26-27(39)14-31(45)40(5)25(9-11-41(26,40)48)22-12-32(46)49-18-22;1-15(2)26-21-6-4-3-5-20(21)24(16-7-9-17(25)10-8-16)22(26)12-11-18(27)13-19(28)14-23(29)30;1-2-3-8-20-24-21(23)19(14-30)29(20)13-15-9-11-16(12-10-15)17-6-4-5-7-18(17)22-25-27-28-26-22/h12,19-21,23-31,33-38,42-45,47-48H,6-11,13-18H2,1-5H3;3-12,15,18-19,27-28H,13-14H2,1-2H3,(H,29,30);4-7,9-12,30H,2-3,8,13-14H2,1H3,(H,25,26,27,28)/b;12-11+;/t19-,20-,21-,23-,24+,25-,26-,27+,28+,29+,30+,31-,33+,34+,35+,36-,37-,38-,39+,40+,41+;18-,19-;/m11./s1. The average molecular weight is 1620 g/mol. The van der Waals surface area contributed by atoms with E-state index in [9.17, 15) is 59.9 Å². The number of cyclic esters (lactones) is 1. The molecule has 11 N–H and O–H groups in total. The van der Waals surface area contributed by atoms with E-state index in [0.717, 1.165) is 119 Å². The molecule has 0 amide bonds. The van der Waals surface area contributed by atoms with Crippen molar-refractivity contribution < 1.29 is 98.2 Å². The molecule has 4 aliphatic heterocycles. The van der Waals surface area contributed by atoms with E-state index in [1.165, 1.54) is 12.1 Å². The zero-order valence-corrected chi connectivity index (χ0v) is 67.4. The third-order valence-corrected chi connectivity index (χ3v) is 26.4. The number of carboxylic acids is 1. The van der Waals surface area contributed by atoms with E-state index in [0.29, 0.717) is 42.0 Å². The Morgan fingerprint density at radius 1 is 0.774 bits per heavy atom. The number of para-hydroxylation sites is 1. The Labute approximate surface area is 674 Å². The molecule has 115 heavy (non-hydrogen) atoms. The van der Waals surface area contributed by atoms with Gasteiger partial charge in [-0.05, 0) is 184 Å². The largest absolute Gasteiger partial charge is 0.481 e. The van der Waals surface area contributed by atoms with E-state index in [4.69, 9.17) is 49.9 Å². The van der Waals surface area contributed by atoms with Crippen LogP contribution in [0.5, 0.6) is 0 Å². The maximum absolute atomic E-state index is 13.5. The molecule has 4 aromatic carbocycles. The molecule has 28 heteroatoms. The number of nitrogens with one attached hydrogen (secondary N) is 1. The molecule has 7 fully saturated rings. The first-order valence-electron chi connectivity index (χ1n) is 40.8. The fraction of sp³-hybridized carbons (Fsp3) is 0.586. The number of H-pyrrole nitrogens is 1. The number of fused-ring (bicyclic) bond motifs is 6. The number of hydrogen-bond donors (Lipinski definition) is 11. The first-order chi connectivity index (χ1) is 55.0. The van der Waals surface area contributed by atoms with E-state index < -0.39 is 116 Å². The molecule has 7 heterocycles. The number of hydrogen-bond acceptors (Lipinski definition) is 22. The molecule has 23 atom stereocenters. The third kappa shape index (κ3) is 18.2. The van der Waals surface area contributed by atoms with Gasteiger partial charge in [-0.2, -0.15) is 0 Å². The molecule has 4 aliphatic carbocycles. The quantitative estimate of drug-likeness (QED) is 0.0209. The summed E-state index contributed by atoms with van der Waals surface area (Å²) < 4.78 is 59.7. The van der Waals surface area contributed by atoms with Gasteiger partial charge in [0.25, 0.3) is 0 Å². The molecule has 0 unspecified atom stereocenters. The van der Waals surface area contributed by atoms with Gasteiger partial charge in [-0.3, -0.25) is 4.79 Å². The van der Waals surface area contributed by atoms with E-state index in [2.05, 4.69) is 88.2 Å². The summed E-state index contributed by atoms with van der Waals surface area (Å²) >= 11 is 6.26. The van der Waals surface area contributed by atoms with Gasteiger partial charge in [-0.25, -0.2) is 19.3 Å². The van der Waals surface area contributed by atoms with Crippen molar-refractivity contribution in [2.45, 2.75) is 281 Å². The van der Waals surface area contributed by atoms with E-state index in [-0.39, 0.29) is 86.0 Å². The number of benzene rings is 4. The van der Waals surface area contributed by atoms with Crippen LogP contribution in [-0.2, 0) is 62.3 Å². The van der Waals surface area contributed by atoms with E-state index in [1.54, 1.807) is 44.2 Å². The predicted molar refractivity (Wildman–Crippen MR) is 424 cm³/mol. The van der Waals surface area contributed by atoms with Crippen LogP contribution in [0.3, 0.4) is 0 Å². The Balaban J connectivity index is 0.000000163. The number of tetrazole rings is 1. The molecule has 0 spiro atoms. The molecule has 624 valence electrons. The summed E-state index contributed by atoms with van der Waals surface area (Å²) in [6.45, 7) is 16.6. The van der Waals surface area contributed by atoms with Crippen molar-refractivity contribution in [1.29, 1.82) is 0 Å². The highest BCUT2D eigenvalue weighted by atomic mass is 35.5. The summed E-state index contributed by atoms with van der Waals surface area (Å²) in [5.41, 5.74) is 7.60. The number of imidazole rings is 1. The van der Waals surface area contributed by atoms with Gasteiger partial charge in [0.15, 0.2) is 29.8 Å². The number of aryl methyl sites for hydroxylation is 1. The lowest BCUT2D eigenvalue weighted by Gasteiger charge is -2.65. The van der Waals surface area contributed by atoms with Gasteiger partial charge in [0.2, 0.25) is 0 Å². The molecule has 26 nitrogen and oxygen atoms in total. The maximum Gasteiger partial charge on any atom is 0.331 e. The Bertz CT molecular complexity index is 4470. The first-order valence-corrected chi connectivity index (χ1v) is 41.2. The average Bonchev–Trinajstić information content (AvgIpc) is 1.59. The number of aromatic amines is 1. The van der Waals surface area contributed by atoms with Crippen molar-refractivity contribution in [3.8, 4) is 33.6 Å². The summed E-state index contributed by atoms with van der Waals surface area (Å²) in [5.74, 6) is 0.327. The van der Waals surface area contributed by atoms with Crippen LogP contribution in [0.1, 0.15) is 181 Å². The number of aliphatic carboxylic acids is 1. The number of esters is 1. The number of aromatic nitrogens is 7. The normalized spacial score (nSPS) is 33.1.